The van der Waals surface area contributed by atoms with Crippen LogP contribution >= 0.6 is 11.6 Å². The van der Waals surface area contributed by atoms with Crippen molar-refractivity contribution >= 4 is 17.6 Å². The van der Waals surface area contributed by atoms with Crippen LogP contribution in [0, 0.1) is 0 Å². The second-order valence-corrected chi connectivity index (χ2v) is 4.22. The molecule has 0 N–H and O–H groups in total. The minimum atomic E-state index is -4.20. The van der Waals surface area contributed by atoms with Gasteiger partial charge in [-0.3, -0.25) is 4.79 Å². The Morgan fingerprint density at radius 1 is 1.33 bits per heavy atom. The Balaban J connectivity index is 3.71. The number of esters is 1. The lowest BCUT2D eigenvalue weighted by Crippen LogP contribution is -2.33. The molecule has 0 aliphatic carbocycles. The zero-order chi connectivity index (χ0) is 14.2. The number of rotatable bonds is 9. The number of carbonyl (C=O) groups is 1. The number of hydrogen-bond acceptors (Lipinski definition) is 3. The first-order valence-corrected chi connectivity index (χ1v) is 5.76. The van der Waals surface area contributed by atoms with Crippen molar-refractivity contribution in [1.29, 1.82) is 0 Å². The molecule has 0 amide bonds. The number of halogens is 5. The molecule has 0 aromatic rings. The van der Waals surface area contributed by atoms with Crippen LogP contribution in [0.5, 0.6) is 0 Å². The molecule has 1 atom stereocenters. The van der Waals surface area contributed by atoms with Crippen molar-refractivity contribution in [1.82, 2.24) is 0 Å². The van der Waals surface area contributed by atoms with Gasteiger partial charge in [-0.15, -0.1) is 11.6 Å². The predicted octanol–water partition coefficient (Wildman–Crippen LogP) is 2.85. The lowest BCUT2D eigenvalue weighted by Gasteiger charge is -2.16. The monoisotopic (exact) mass is 294 g/mol. The molecule has 0 spiro atoms. The van der Waals surface area contributed by atoms with Crippen molar-refractivity contribution in [3.05, 3.63) is 0 Å². The summed E-state index contributed by atoms with van der Waals surface area (Å²) in [4.78, 5) is 10.9. The summed E-state index contributed by atoms with van der Waals surface area (Å²) in [5, 5.41) is -0.848. The first kappa shape index (κ1) is 17.4. The average Bonchev–Trinajstić information content (AvgIpc) is 2.26. The Labute approximate surface area is 107 Å². The van der Waals surface area contributed by atoms with Gasteiger partial charge in [0.1, 0.15) is 13.2 Å². The van der Waals surface area contributed by atoms with E-state index in [-0.39, 0.29) is 13.0 Å². The third-order valence-electron chi connectivity index (χ3n) is 1.79. The van der Waals surface area contributed by atoms with E-state index in [1.807, 2.05) is 0 Å². The third-order valence-corrected chi connectivity index (χ3v) is 2.04. The molecule has 0 saturated heterocycles. The van der Waals surface area contributed by atoms with Gasteiger partial charge >= 0.3 is 18.3 Å². The first-order valence-electron chi connectivity index (χ1n) is 5.33. The van der Waals surface area contributed by atoms with Gasteiger partial charge in [0, 0.05) is 6.42 Å². The van der Waals surface area contributed by atoms with E-state index in [0.717, 1.165) is 0 Å². The van der Waals surface area contributed by atoms with Crippen LogP contribution in [0.2, 0.25) is 0 Å². The topological polar surface area (TPSA) is 35.5 Å². The summed E-state index contributed by atoms with van der Waals surface area (Å²) in [6.45, 7) is -0.240. The molecule has 0 radical (unpaired) electrons. The Hall–Kier alpha value is -0.560. The van der Waals surface area contributed by atoms with Crippen molar-refractivity contribution in [3.8, 4) is 0 Å². The summed E-state index contributed by atoms with van der Waals surface area (Å²) < 4.78 is 57.4. The largest absolute Gasteiger partial charge is 0.464 e. The van der Waals surface area contributed by atoms with Crippen molar-refractivity contribution < 1.29 is 31.8 Å². The molecular formula is C10H15ClF4O3. The molecular weight excluding hydrogens is 280 g/mol. The minimum Gasteiger partial charge on any atom is -0.464 e. The number of alkyl halides is 5. The van der Waals surface area contributed by atoms with Gasteiger partial charge in [-0.1, -0.05) is 6.92 Å². The highest BCUT2D eigenvalue weighted by atomic mass is 35.5. The highest BCUT2D eigenvalue weighted by Crippen LogP contribution is 2.22. The zero-order valence-electron chi connectivity index (χ0n) is 9.80. The molecule has 0 bridgehead atoms. The molecule has 0 aliphatic heterocycles. The third kappa shape index (κ3) is 7.71. The fourth-order valence-corrected chi connectivity index (χ4v) is 1.05. The normalized spacial score (nSPS) is 13.7. The Kier molecular flexibility index (Phi) is 8.26. The van der Waals surface area contributed by atoms with E-state index in [1.54, 1.807) is 6.92 Å². The van der Waals surface area contributed by atoms with Crippen molar-refractivity contribution in [3.63, 3.8) is 0 Å². The van der Waals surface area contributed by atoms with Gasteiger partial charge in [0.15, 0.2) is 0 Å². The second kappa shape index (κ2) is 8.53. The van der Waals surface area contributed by atoms with E-state index in [1.165, 1.54) is 0 Å². The lowest BCUT2D eigenvalue weighted by molar-refractivity contribution is -0.166. The standard InChI is InChI=1S/C10H15ClF4O3/c1-2-3-8(16)18-5-7(11)4-17-6-10(14,15)9(12)13/h7,9H,2-6H2,1H3. The number of carbonyl (C=O) groups excluding carboxylic acids is 1. The molecule has 0 aliphatic rings. The van der Waals surface area contributed by atoms with Gasteiger partial charge in [-0.25, -0.2) is 8.78 Å². The quantitative estimate of drug-likeness (QED) is 0.373. The molecule has 108 valence electrons. The maximum atomic E-state index is 12.4. The van der Waals surface area contributed by atoms with Gasteiger partial charge in [0.05, 0.1) is 12.0 Å². The van der Waals surface area contributed by atoms with E-state index in [4.69, 9.17) is 11.6 Å². The highest BCUT2D eigenvalue weighted by molar-refractivity contribution is 6.20. The van der Waals surface area contributed by atoms with Crippen LogP contribution in [-0.2, 0) is 14.3 Å². The van der Waals surface area contributed by atoms with E-state index in [9.17, 15) is 22.4 Å². The smallest absolute Gasteiger partial charge is 0.330 e. The van der Waals surface area contributed by atoms with E-state index >= 15 is 0 Å². The Morgan fingerprint density at radius 2 is 1.94 bits per heavy atom. The fourth-order valence-electron chi connectivity index (χ4n) is 0.894. The van der Waals surface area contributed by atoms with Crippen molar-refractivity contribution in [2.24, 2.45) is 0 Å². The number of hydrogen-bond donors (Lipinski definition) is 0. The van der Waals surface area contributed by atoms with Crippen LogP contribution < -0.4 is 0 Å². The summed E-state index contributed by atoms with van der Waals surface area (Å²) in [7, 11) is 0. The predicted molar refractivity (Wildman–Crippen MR) is 57.3 cm³/mol. The van der Waals surface area contributed by atoms with Crippen LogP contribution in [0.1, 0.15) is 19.8 Å². The molecule has 0 heterocycles. The summed E-state index contributed by atoms with van der Waals surface area (Å²) in [6.07, 6.45) is -2.94. The highest BCUT2D eigenvalue weighted by Gasteiger charge is 2.41. The summed E-state index contributed by atoms with van der Waals surface area (Å²) in [5.74, 6) is -4.66. The zero-order valence-corrected chi connectivity index (χ0v) is 10.6. The fraction of sp³-hybridized carbons (Fsp3) is 0.900. The lowest BCUT2D eigenvalue weighted by atomic mass is 10.3. The van der Waals surface area contributed by atoms with Crippen LogP contribution in [-0.4, -0.2) is 43.5 Å². The molecule has 1 unspecified atom stereocenters. The maximum absolute atomic E-state index is 12.4. The molecule has 0 aromatic carbocycles. The summed E-state index contributed by atoms with van der Waals surface area (Å²) in [6, 6.07) is 0. The summed E-state index contributed by atoms with van der Waals surface area (Å²) >= 11 is 5.60. The van der Waals surface area contributed by atoms with Crippen LogP contribution in [0.4, 0.5) is 17.6 Å². The van der Waals surface area contributed by atoms with Crippen LogP contribution in [0.25, 0.3) is 0 Å². The van der Waals surface area contributed by atoms with Crippen molar-refractivity contribution in [2.45, 2.75) is 37.5 Å². The van der Waals surface area contributed by atoms with Gasteiger partial charge in [-0.05, 0) is 6.42 Å². The summed E-state index contributed by atoms with van der Waals surface area (Å²) in [5.41, 5.74) is 0. The number of ether oxygens (including phenoxy) is 2. The van der Waals surface area contributed by atoms with Crippen molar-refractivity contribution in [2.75, 3.05) is 19.8 Å². The van der Waals surface area contributed by atoms with E-state index in [2.05, 4.69) is 9.47 Å². The molecule has 18 heavy (non-hydrogen) atoms. The van der Waals surface area contributed by atoms with Gasteiger partial charge in [0.25, 0.3) is 0 Å². The Bertz CT molecular complexity index is 251. The molecule has 0 saturated carbocycles. The molecule has 8 heteroatoms. The van der Waals surface area contributed by atoms with Crippen LogP contribution in [0.15, 0.2) is 0 Å². The first-order chi connectivity index (χ1) is 8.29. The van der Waals surface area contributed by atoms with Crippen LogP contribution in [0.3, 0.4) is 0 Å². The second-order valence-electron chi connectivity index (χ2n) is 3.61. The SMILES string of the molecule is CCCC(=O)OCC(Cl)COCC(F)(F)C(F)F. The molecule has 0 rings (SSSR count). The molecule has 0 aromatic heterocycles. The van der Waals surface area contributed by atoms with Gasteiger partial charge in [0.2, 0.25) is 0 Å². The Morgan fingerprint density at radius 3 is 2.44 bits per heavy atom. The maximum Gasteiger partial charge on any atom is 0.330 e. The molecule has 0 fully saturated rings. The molecule has 3 nitrogen and oxygen atoms in total. The van der Waals surface area contributed by atoms with E-state index in [0.29, 0.717) is 6.42 Å². The van der Waals surface area contributed by atoms with Gasteiger partial charge < -0.3 is 9.47 Å². The minimum absolute atomic E-state index is 0.208. The van der Waals surface area contributed by atoms with Gasteiger partial charge in [-0.2, -0.15) is 8.78 Å². The van der Waals surface area contributed by atoms with E-state index < -0.39 is 36.9 Å². The average molecular weight is 295 g/mol.